The predicted octanol–water partition coefficient (Wildman–Crippen LogP) is 4.58. The van der Waals surface area contributed by atoms with Gasteiger partial charge >= 0.3 is 0 Å². The van der Waals surface area contributed by atoms with Crippen LogP contribution in [0.5, 0.6) is 5.75 Å². The number of benzene rings is 2. The lowest BCUT2D eigenvalue weighted by molar-refractivity contribution is -0.139. The summed E-state index contributed by atoms with van der Waals surface area (Å²) in [6.07, 6.45) is 1.13. The van der Waals surface area contributed by atoms with Gasteiger partial charge in [-0.25, -0.2) is 0 Å². The molecule has 0 heterocycles. The zero-order valence-electron chi connectivity index (χ0n) is 15.2. The molecular formula is C19H20Cl2N2O3S. The van der Waals surface area contributed by atoms with Crippen LogP contribution in [0.4, 0.5) is 5.69 Å². The highest BCUT2D eigenvalue weighted by atomic mass is 35.5. The molecule has 2 aromatic rings. The standard InChI is InChI=1S/C19H20Cl2N2O3S/c1-12(26-16-9-8-13(20)10-14(16)21)19(25)23(2)11-18(24)22-15-6-4-5-7-17(15)27-3/h4-10,12H,11H2,1-3H3,(H,22,24). The number of nitrogens with one attached hydrogen (secondary N) is 1. The normalized spacial score (nSPS) is 11.6. The van der Waals surface area contributed by atoms with E-state index in [0.717, 1.165) is 4.90 Å². The largest absolute Gasteiger partial charge is 0.479 e. The van der Waals surface area contributed by atoms with Crippen LogP contribution in [-0.2, 0) is 9.59 Å². The van der Waals surface area contributed by atoms with Crippen molar-refractivity contribution in [1.29, 1.82) is 0 Å². The number of likely N-dealkylation sites (N-methyl/N-ethyl adjacent to an activating group) is 1. The van der Waals surface area contributed by atoms with E-state index in [9.17, 15) is 9.59 Å². The van der Waals surface area contributed by atoms with Crippen LogP contribution in [0.1, 0.15) is 6.92 Å². The summed E-state index contributed by atoms with van der Waals surface area (Å²) >= 11 is 13.4. The minimum atomic E-state index is -0.806. The van der Waals surface area contributed by atoms with Gasteiger partial charge in [0.15, 0.2) is 6.10 Å². The molecule has 2 rings (SSSR count). The van der Waals surface area contributed by atoms with Gasteiger partial charge < -0.3 is 15.0 Å². The van der Waals surface area contributed by atoms with Gasteiger partial charge in [0.1, 0.15) is 5.75 Å². The van der Waals surface area contributed by atoms with Gasteiger partial charge in [0.05, 0.1) is 17.3 Å². The monoisotopic (exact) mass is 426 g/mol. The Hall–Kier alpha value is -1.89. The fraction of sp³-hybridized carbons (Fsp3) is 0.263. The van der Waals surface area contributed by atoms with Gasteiger partial charge in [-0.1, -0.05) is 35.3 Å². The molecule has 0 saturated heterocycles. The van der Waals surface area contributed by atoms with Crippen LogP contribution in [0.2, 0.25) is 10.0 Å². The molecule has 5 nitrogen and oxygen atoms in total. The van der Waals surface area contributed by atoms with Gasteiger partial charge in [0.25, 0.3) is 5.91 Å². The second-order valence-corrected chi connectivity index (χ2v) is 7.47. The highest BCUT2D eigenvalue weighted by Crippen LogP contribution is 2.28. The Morgan fingerprint density at radius 1 is 1.22 bits per heavy atom. The molecule has 1 atom stereocenters. The molecule has 0 radical (unpaired) electrons. The van der Waals surface area contributed by atoms with E-state index in [1.165, 1.54) is 22.7 Å². The van der Waals surface area contributed by atoms with Crippen LogP contribution >= 0.6 is 35.0 Å². The molecule has 2 amide bonds. The van der Waals surface area contributed by atoms with E-state index < -0.39 is 6.10 Å². The molecule has 144 valence electrons. The lowest BCUT2D eigenvalue weighted by Gasteiger charge is -2.22. The summed E-state index contributed by atoms with van der Waals surface area (Å²) in [4.78, 5) is 27.0. The number of carbonyl (C=O) groups is 2. The van der Waals surface area contributed by atoms with E-state index in [-0.39, 0.29) is 18.4 Å². The smallest absolute Gasteiger partial charge is 0.263 e. The van der Waals surface area contributed by atoms with Gasteiger partial charge in [0, 0.05) is 17.0 Å². The third-order valence-corrected chi connectivity index (χ3v) is 5.01. The Labute approximate surface area is 173 Å². The number of para-hydroxylation sites is 1. The van der Waals surface area contributed by atoms with Crippen LogP contribution in [-0.4, -0.2) is 42.7 Å². The van der Waals surface area contributed by atoms with E-state index >= 15 is 0 Å². The van der Waals surface area contributed by atoms with Crippen molar-refractivity contribution in [3.63, 3.8) is 0 Å². The van der Waals surface area contributed by atoms with Crippen molar-refractivity contribution in [3.8, 4) is 5.75 Å². The first-order valence-corrected chi connectivity index (χ1v) is 10.1. The Balaban J connectivity index is 1.94. The zero-order chi connectivity index (χ0) is 20.0. The van der Waals surface area contributed by atoms with Gasteiger partial charge in [0.2, 0.25) is 5.91 Å². The maximum atomic E-state index is 12.5. The SMILES string of the molecule is CSc1ccccc1NC(=O)CN(C)C(=O)C(C)Oc1ccc(Cl)cc1Cl. The molecule has 0 aromatic heterocycles. The van der Waals surface area contributed by atoms with Crippen LogP contribution < -0.4 is 10.1 Å². The zero-order valence-corrected chi connectivity index (χ0v) is 17.5. The molecule has 0 aliphatic heterocycles. The Morgan fingerprint density at radius 2 is 1.93 bits per heavy atom. The average Bonchev–Trinajstić information content (AvgIpc) is 2.63. The molecule has 0 saturated carbocycles. The van der Waals surface area contributed by atoms with E-state index in [0.29, 0.717) is 21.5 Å². The van der Waals surface area contributed by atoms with Crippen molar-refractivity contribution < 1.29 is 14.3 Å². The summed E-state index contributed by atoms with van der Waals surface area (Å²) in [5.74, 6) is -0.271. The molecule has 0 aliphatic carbocycles. The van der Waals surface area contributed by atoms with E-state index in [2.05, 4.69) is 5.32 Å². The lowest BCUT2D eigenvalue weighted by Crippen LogP contribution is -2.42. The van der Waals surface area contributed by atoms with Crippen molar-refractivity contribution in [3.05, 3.63) is 52.5 Å². The fourth-order valence-electron chi connectivity index (χ4n) is 2.35. The molecular weight excluding hydrogens is 407 g/mol. The van der Waals surface area contributed by atoms with Gasteiger partial charge in [-0.3, -0.25) is 9.59 Å². The number of halogens is 2. The highest BCUT2D eigenvalue weighted by Gasteiger charge is 2.22. The number of nitrogens with zero attached hydrogens (tertiary/aromatic N) is 1. The summed E-state index contributed by atoms with van der Waals surface area (Å²) in [5, 5.41) is 3.61. The quantitative estimate of drug-likeness (QED) is 0.658. The van der Waals surface area contributed by atoms with Crippen LogP contribution in [0, 0.1) is 0 Å². The topological polar surface area (TPSA) is 58.6 Å². The first kappa shape index (κ1) is 21.4. The molecule has 8 heteroatoms. The Morgan fingerprint density at radius 3 is 2.59 bits per heavy atom. The number of rotatable bonds is 7. The number of thioether (sulfide) groups is 1. The summed E-state index contributed by atoms with van der Waals surface area (Å²) < 4.78 is 5.60. The second-order valence-electron chi connectivity index (χ2n) is 5.78. The van der Waals surface area contributed by atoms with Gasteiger partial charge in [-0.05, 0) is 43.5 Å². The fourth-order valence-corrected chi connectivity index (χ4v) is 3.36. The molecule has 27 heavy (non-hydrogen) atoms. The maximum absolute atomic E-state index is 12.5. The number of amides is 2. The maximum Gasteiger partial charge on any atom is 0.263 e. The average molecular weight is 427 g/mol. The number of hydrogen-bond acceptors (Lipinski definition) is 4. The molecule has 1 N–H and O–H groups in total. The highest BCUT2D eigenvalue weighted by molar-refractivity contribution is 7.98. The number of ether oxygens (including phenoxy) is 1. The molecule has 0 spiro atoms. The predicted molar refractivity (Wildman–Crippen MR) is 111 cm³/mol. The molecule has 0 bridgehead atoms. The van der Waals surface area contributed by atoms with E-state index in [4.69, 9.17) is 27.9 Å². The van der Waals surface area contributed by atoms with Crippen molar-refractivity contribution in [1.82, 2.24) is 4.90 Å². The molecule has 0 aliphatic rings. The van der Waals surface area contributed by atoms with Crippen molar-refractivity contribution in [2.45, 2.75) is 17.9 Å². The van der Waals surface area contributed by atoms with E-state index in [1.807, 2.05) is 30.5 Å². The van der Waals surface area contributed by atoms with Crippen molar-refractivity contribution in [2.24, 2.45) is 0 Å². The number of anilines is 1. The lowest BCUT2D eigenvalue weighted by atomic mass is 10.3. The summed E-state index contributed by atoms with van der Waals surface area (Å²) in [6.45, 7) is 1.51. The van der Waals surface area contributed by atoms with Crippen LogP contribution in [0.15, 0.2) is 47.4 Å². The summed E-state index contributed by atoms with van der Waals surface area (Å²) in [5.41, 5.74) is 0.716. The first-order chi connectivity index (χ1) is 12.8. The molecule has 1 unspecified atom stereocenters. The number of carbonyl (C=O) groups excluding carboxylic acids is 2. The van der Waals surface area contributed by atoms with Gasteiger partial charge in [-0.2, -0.15) is 0 Å². The Kier molecular flexibility index (Phi) is 7.83. The minimum absolute atomic E-state index is 0.0937. The molecule has 0 fully saturated rings. The third kappa shape index (κ3) is 6.06. The van der Waals surface area contributed by atoms with Crippen molar-refractivity contribution in [2.75, 3.05) is 25.2 Å². The minimum Gasteiger partial charge on any atom is -0.479 e. The number of hydrogen-bond donors (Lipinski definition) is 1. The Bertz CT molecular complexity index is 832. The second kappa shape index (κ2) is 9.88. The van der Waals surface area contributed by atoms with Crippen molar-refractivity contribution >= 4 is 52.5 Å². The summed E-state index contributed by atoms with van der Waals surface area (Å²) in [7, 11) is 1.55. The molecule has 2 aromatic carbocycles. The van der Waals surface area contributed by atoms with Gasteiger partial charge in [-0.15, -0.1) is 11.8 Å². The third-order valence-electron chi connectivity index (χ3n) is 3.68. The first-order valence-electron chi connectivity index (χ1n) is 8.11. The van der Waals surface area contributed by atoms with Crippen LogP contribution in [0.25, 0.3) is 0 Å². The summed E-state index contributed by atoms with van der Waals surface area (Å²) in [6, 6.07) is 12.2. The van der Waals surface area contributed by atoms with Crippen LogP contribution in [0.3, 0.4) is 0 Å². The van der Waals surface area contributed by atoms with E-state index in [1.54, 1.807) is 26.1 Å².